The van der Waals surface area contributed by atoms with E-state index in [9.17, 15) is 9.59 Å². The molecular weight excluding hydrogens is 232 g/mol. The first-order valence-electron chi connectivity index (χ1n) is 6.80. The Morgan fingerprint density at radius 3 is 2.72 bits per heavy atom. The highest BCUT2D eigenvalue weighted by Gasteiger charge is 2.24. The van der Waals surface area contributed by atoms with Gasteiger partial charge in [-0.15, -0.1) is 0 Å². The smallest absolute Gasteiger partial charge is 0.303 e. The van der Waals surface area contributed by atoms with Crippen LogP contribution in [-0.4, -0.2) is 41.0 Å². The maximum atomic E-state index is 12.1. The van der Waals surface area contributed by atoms with Crippen LogP contribution in [0.15, 0.2) is 0 Å². The molecule has 3 N–H and O–H groups in total. The normalized spacial score (nSPS) is 22.3. The molecule has 0 aliphatic carbocycles. The maximum absolute atomic E-state index is 12.1. The van der Waals surface area contributed by atoms with Gasteiger partial charge in [0.2, 0.25) is 5.91 Å². The Hall–Kier alpha value is -1.10. The zero-order valence-electron chi connectivity index (χ0n) is 11.1. The summed E-state index contributed by atoms with van der Waals surface area (Å²) >= 11 is 0. The fraction of sp³-hybridized carbons (Fsp3) is 0.846. The number of likely N-dealkylation sites (tertiary alicyclic amines) is 1. The third-order valence-corrected chi connectivity index (χ3v) is 3.72. The molecular formula is C13H24N2O3. The maximum Gasteiger partial charge on any atom is 0.303 e. The molecule has 5 nitrogen and oxygen atoms in total. The number of carboxylic acids is 1. The summed E-state index contributed by atoms with van der Waals surface area (Å²) in [5.41, 5.74) is 5.76. The van der Waals surface area contributed by atoms with Crippen LogP contribution in [0.2, 0.25) is 0 Å². The van der Waals surface area contributed by atoms with Gasteiger partial charge in [-0.3, -0.25) is 9.59 Å². The minimum Gasteiger partial charge on any atom is -0.481 e. The van der Waals surface area contributed by atoms with Crippen LogP contribution in [0.1, 0.15) is 45.4 Å². The first-order chi connectivity index (χ1) is 8.54. The predicted octanol–water partition coefficient (Wildman–Crippen LogP) is 1.22. The number of nitrogens with two attached hydrogens (primary N) is 1. The number of amides is 1. The van der Waals surface area contributed by atoms with Crippen LogP contribution in [0, 0.1) is 5.92 Å². The van der Waals surface area contributed by atoms with Crippen molar-refractivity contribution in [2.75, 3.05) is 13.1 Å². The van der Waals surface area contributed by atoms with Crippen LogP contribution in [-0.2, 0) is 9.59 Å². The van der Waals surface area contributed by atoms with E-state index in [1.807, 2.05) is 4.90 Å². The zero-order valence-corrected chi connectivity index (χ0v) is 11.1. The average molecular weight is 256 g/mol. The molecule has 0 saturated carbocycles. The number of carboxylic acid groups (broad SMARTS) is 1. The van der Waals surface area contributed by atoms with Crippen LogP contribution < -0.4 is 5.73 Å². The highest BCUT2D eigenvalue weighted by atomic mass is 16.4. The van der Waals surface area contributed by atoms with Gasteiger partial charge in [0.1, 0.15) is 0 Å². The monoisotopic (exact) mass is 256 g/mol. The van der Waals surface area contributed by atoms with Gasteiger partial charge in [-0.05, 0) is 31.6 Å². The second-order valence-corrected chi connectivity index (χ2v) is 5.07. The minimum atomic E-state index is -0.903. The molecule has 0 aromatic heterocycles. The van der Waals surface area contributed by atoms with Crippen molar-refractivity contribution in [2.24, 2.45) is 11.7 Å². The van der Waals surface area contributed by atoms with Crippen LogP contribution >= 0.6 is 0 Å². The Morgan fingerprint density at radius 2 is 2.11 bits per heavy atom. The number of hydrogen-bond donors (Lipinski definition) is 2. The van der Waals surface area contributed by atoms with E-state index in [1.165, 1.54) is 6.42 Å². The molecule has 104 valence electrons. The van der Waals surface area contributed by atoms with E-state index >= 15 is 0 Å². The summed E-state index contributed by atoms with van der Waals surface area (Å²) in [6.07, 6.45) is 4.57. The molecule has 1 aliphatic heterocycles. The van der Waals surface area contributed by atoms with Gasteiger partial charge < -0.3 is 15.7 Å². The quantitative estimate of drug-likeness (QED) is 0.774. The van der Waals surface area contributed by atoms with Crippen molar-refractivity contribution in [2.45, 2.75) is 51.5 Å². The largest absolute Gasteiger partial charge is 0.481 e. The first kappa shape index (κ1) is 15.0. The fourth-order valence-corrected chi connectivity index (χ4v) is 2.43. The van der Waals surface area contributed by atoms with Crippen molar-refractivity contribution in [1.29, 1.82) is 0 Å². The van der Waals surface area contributed by atoms with Gasteiger partial charge in [-0.1, -0.05) is 13.3 Å². The summed E-state index contributed by atoms with van der Waals surface area (Å²) in [6.45, 7) is 3.70. The fourth-order valence-electron chi connectivity index (χ4n) is 2.43. The summed E-state index contributed by atoms with van der Waals surface area (Å²) < 4.78 is 0. The summed E-state index contributed by atoms with van der Waals surface area (Å²) in [7, 11) is 0. The Kier molecular flexibility index (Phi) is 6.12. The zero-order chi connectivity index (χ0) is 13.5. The summed E-state index contributed by atoms with van der Waals surface area (Å²) in [5, 5.41) is 8.59. The van der Waals surface area contributed by atoms with E-state index < -0.39 is 12.0 Å². The van der Waals surface area contributed by atoms with Crippen LogP contribution in [0.25, 0.3) is 0 Å². The lowest BCUT2D eigenvalue weighted by molar-refractivity contribution is -0.137. The van der Waals surface area contributed by atoms with E-state index in [4.69, 9.17) is 10.8 Å². The SMILES string of the molecule is CCC1CCCN(C(=O)C(N)CCC(=O)O)CC1. The third kappa shape index (κ3) is 4.64. The van der Waals surface area contributed by atoms with Crippen molar-refractivity contribution in [1.82, 2.24) is 4.90 Å². The number of hydrogen-bond acceptors (Lipinski definition) is 3. The Balaban J connectivity index is 2.42. The minimum absolute atomic E-state index is 0.0433. The molecule has 1 saturated heterocycles. The van der Waals surface area contributed by atoms with Gasteiger partial charge in [0.05, 0.1) is 6.04 Å². The topological polar surface area (TPSA) is 83.6 Å². The van der Waals surface area contributed by atoms with Crippen LogP contribution in [0.4, 0.5) is 0 Å². The molecule has 1 heterocycles. The summed E-state index contributed by atoms with van der Waals surface area (Å²) in [6, 6.07) is -0.667. The lowest BCUT2D eigenvalue weighted by Crippen LogP contribution is -2.44. The molecule has 2 unspecified atom stereocenters. The summed E-state index contributed by atoms with van der Waals surface area (Å²) in [4.78, 5) is 24.3. The van der Waals surface area contributed by atoms with Crippen molar-refractivity contribution >= 4 is 11.9 Å². The molecule has 0 bridgehead atoms. The number of carbonyl (C=O) groups is 2. The Morgan fingerprint density at radius 1 is 1.39 bits per heavy atom. The van der Waals surface area contributed by atoms with Gasteiger partial charge in [-0.25, -0.2) is 0 Å². The third-order valence-electron chi connectivity index (χ3n) is 3.72. The van der Waals surface area contributed by atoms with Gasteiger partial charge in [-0.2, -0.15) is 0 Å². The number of rotatable bonds is 5. The number of aliphatic carboxylic acids is 1. The van der Waals surface area contributed by atoms with Crippen molar-refractivity contribution in [3.63, 3.8) is 0 Å². The first-order valence-corrected chi connectivity index (χ1v) is 6.80. The van der Waals surface area contributed by atoms with Crippen molar-refractivity contribution < 1.29 is 14.7 Å². The van der Waals surface area contributed by atoms with Crippen LogP contribution in [0.5, 0.6) is 0 Å². The molecule has 0 aromatic carbocycles. The molecule has 0 spiro atoms. The average Bonchev–Trinajstić information content (AvgIpc) is 2.60. The van der Waals surface area contributed by atoms with Gasteiger partial charge >= 0.3 is 5.97 Å². The van der Waals surface area contributed by atoms with Gasteiger partial charge in [0.25, 0.3) is 0 Å². The lowest BCUT2D eigenvalue weighted by atomic mass is 9.98. The highest BCUT2D eigenvalue weighted by Crippen LogP contribution is 2.20. The highest BCUT2D eigenvalue weighted by molar-refractivity contribution is 5.82. The lowest BCUT2D eigenvalue weighted by Gasteiger charge is -2.24. The molecule has 0 aromatic rings. The molecule has 1 amide bonds. The van der Waals surface area contributed by atoms with E-state index in [0.717, 1.165) is 32.4 Å². The predicted molar refractivity (Wildman–Crippen MR) is 69.1 cm³/mol. The van der Waals surface area contributed by atoms with E-state index in [0.29, 0.717) is 5.92 Å². The molecule has 2 atom stereocenters. The van der Waals surface area contributed by atoms with Gasteiger partial charge in [0.15, 0.2) is 0 Å². The van der Waals surface area contributed by atoms with E-state index in [2.05, 4.69) is 6.92 Å². The van der Waals surface area contributed by atoms with Crippen molar-refractivity contribution in [3.8, 4) is 0 Å². The molecule has 0 radical (unpaired) electrons. The van der Waals surface area contributed by atoms with Crippen LogP contribution in [0.3, 0.4) is 0 Å². The molecule has 5 heteroatoms. The standard InChI is InChI=1S/C13H24N2O3/c1-2-10-4-3-8-15(9-7-10)13(18)11(14)5-6-12(16)17/h10-11H,2-9,14H2,1H3,(H,16,17). The van der Waals surface area contributed by atoms with Crippen molar-refractivity contribution in [3.05, 3.63) is 0 Å². The molecule has 1 fully saturated rings. The Bertz CT molecular complexity index is 294. The van der Waals surface area contributed by atoms with Gasteiger partial charge in [0, 0.05) is 19.5 Å². The molecule has 1 aliphatic rings. The molecule has 1 rings (SSSR count). The van der Waals surface area contributed by atoms with E-state index in [-0.39, 0.29) is 18.7 Å². The number of carbonyl (C=O) groups excluding carboxylic acids is 1. The number of nitrogens with zero attached hydrogens (tertiary/aromatic N) is 1. The molecule has 18 heavy (non-hydrogen) atoms. The Labute approximate surface area is 108 Å². The summed E-state index contributed by atoms with van der Waals surface area (Å²) in [5.74, 6) is -0.286. The second kappa shape index (κ2) is 7.36. The van der Waals surface area contributed by atoms with E-state index in [1.54, 1.807) is 0 Å². The second-order valence-electron chi connectivity index (χ2n) is 5.07.